The van der Waals surface area contributed by atoms with Crippen LogP contribution in [0.25, 0.3) is 0 Å². The Labute approximate surface area is 82.6 Å². The van der Waals surface area contributed by atoms with Gasteiger partial charge in [0, 0.05) is 41.7 Å². The van der Waals surface area contributed by atoms with Crippen LogP contribution in [0.2, 0.25) is 0 Å². The van der Waals surface area contributed by atoms with Crippen molar-refractivity contribution in [2.24, 2.45) is 5.92 Å². The molecular weight excluding hydrogens is 184 g/mol. The Hall–Kier alpha value is -0.760. The van der Waals surface area contributed by atoms with Crippen LogP contribution in [0.5, 0.6) is 0 Å². The van der Waals surface area contributed by atoms with Crippen LogP contribution in [0.15, 0.2) is 18.5 Å². The summed E-state index contributed by atoms with van der Waals surface area (Å²) in [7, 11) is 0. The average molecular weight is 195 g/mol. The summed E-state index contributed by atoms with van der Waals surface area (Å²) >= 11 is 6.14. The third-order valence-electron chi connectivity index (χ3n) is 3.47. The zero-order chi connectivity index (χ0) is 9.05. The highest BCUT2D eigenvalue weighted by atomic mass is 35.5. The van der Waals surface area contributed by atoms with Crippen LogP contribution in [0.4, 0.5) is 5.69 Å². The lowest BCUT2D eigenvalue weighted by molar-refractivity contribution is 0.680. The molecule has 0 amide bonds. The summed E-state index contributed by atoms with van der Waals surface area (Å²) in [5, 5.41) is 0. The van der Waals surface area contributed by atoms with Gasteiger partial charge in [-0.3, -0.25) is 9.40 Å². The molecule has 2 heterocycles. The van der Waals surface area contributed by atoms with Crippen LogP contribution in [0.1, 0.15) is 18.9 Å². The number of pyridine rings is 1. The predicted octanol–water partition coefficient (Wildman–Crippen LogP) is 2.33. The van der Waals surface area contributed by atoms with E-state index in [1.165, 1.54) is 12.0 Å². The Balaban J connectivity index is 2.17. The van der Waals surface area contributed by atoms with Gasteiger partial charge in [-0.05, 0) is 18.4 Å². The summed E-state index contributed by atoms with van der Waals surface area (Å²) in [5.74, 6) is 0.763. The maximum atomic E-state index is 6.14. The first-order valence-electron chi connectivity index (χ1n) is 4.62. The van der Waals surface area contributed by atoms with Crippen molar-refractivity contribution in [3.63, 3.8) is 0 Å². The van der Waals surface area contributed by atoms with Crippen LogP contribution >= 0.6 is 11.8 Å². The van der Waals surface area contributed by atoms with E-state index in [2.05, 4.69) is 11.9 Å². The molecule has 1 fully saturated rings. The Morgan fingerprint density at radius 3 is 3.15 bits per heavy atom. The molecule has 1 saturated carbocycles. The van der Waals surface area contributed by atoms with Crippen molar-refractivity contribution in [1.29, 1.82) is 0 Å². The first kappa shape index (κ1) is 7.63. The van der Waals surface area contributed by atoms with Crippen molar-refractivity contribution >= 4 is 17.5 Å². The molecule has 2 nitrogen and oxygen atoms in total. The fourth-order valence-corrected chi connectivity index (χ4v) is 2.84. The maximum absolute atomic E-state index is 6.14. The number of nitrogens with zero attached hydrogens (tertiary/aromatic N) is 2. The largest absolute Gasteiger partial charge is 0.284 e. The van der Waals surface area contributed by atoms with E-state index in [0.29, 0.717) is 5.41 Å². The normalized spacial score (nSPS) is 35.2. The number of anilines is 1. The second-order valence-corrected chi connectivity index (χ2v) is 4.58. The van der Waals surface area contributed by atoms with Crippen molar-refractivity contribution in [2.75, 3.05) is 11.0 Å². The van der Waals surface area contributed by atoms with Gasteiger partial charge in [-0.15, -0.1) is 0 Å². The molecule has 13 heavy (non-hydrogen) atoms. The summed E-state index contributed by atoms with van der Waals surface area (Å²) in [6.07, 6.45) is 5.04. The van der Waals surface area contributed by atoms with Gasteiger partial charge in [0.1, 0.15) is 0 Å². The van der Waals surface area contributed by atoms with Crippen LogP contribution in [0.3, 0.4) is 0 Å². The molecule has 3 heteroatoms. The van der Waals surface area contributed by atoms with Crippen molar-refractivity contribution < 1.29 is 0 Å². The fraction of sp³-hybridized carbons (Fsp3) is 0.500. The van der Waals surface area contributed by atoms with Crippen molar-refractivity contribution in [2.45, 2.75) is 18.8 Å². The zero-order valence-corrected chi connectivity index (χ0v) is 8.25. The Morgan fingerprint density at radius 2 is 2.46 bits per heavy atom. The minimum Gasteiger partial charge on any atom is -0.284 e. The van der Waals surface area contributed by atoms with Gasteiger partial charge in [-0.2, -0.15) is 0 Å². The van der Waals surface area contributed by atoms with Gasteiger partial charge in [-0.25, -0.2) is 0 Å². The molecule has 0 saturated heterocycles. The van der Waals surface area contributed by atoms with Crippen molar-refractivity contribution in [3.8, 4) is 0 Å². The molecule has 0 radical (unpaired) electrons. The first-order chi connectivity index (χ1) is 6.24. The molecule has 2 aliphatic rings. The van der Waals surface area contributed by atoms with E-state index in [1.54, 1.807) is 6.20 Å². The summed E-state index contributed by atoms with van der Waals surface area (Å²) in [5.41, 5.74) is 2.84. The lowest BCUT2D eigenvalue weighted by atomic mass is 9.98. The van der Waals surface area contributed by atoms with E-state index in [1.807, 2.05) is 16.7 Å². The smallest absolute Gasteiger partial charge is 0.0592 e. The molecular formula is C10H11ClN2. The molecule has 0 aromatic carbocycles. The highest BCUT2D eigenvalue weighted by Gasteiger charge is 2.58. The second kappa shape index (κ2) is 2.18. The van der Waals surface area contributed by atoms with Crippen molar-refractivity contribution in [1.82, 2.24) is 4.98 Å². The number of rotatable bonds is 0. The summed E-state index contributed by atoms with van der Waals surface area (Å²) in [4.78, 5) is 4.18. The summed E-state index contributed by atoms with van der Waals surface area (Å²) in [6, 6.07) is 2.00. The monoisotopic (exact) mass is 194 g/mol. The van der Waals surface area contributed by atoms with Gasteiger partial charge < -0.3 is 0 Å². The van der Waals surface area contributed by atoms with E-state index in [-0.39, 0.29) is 0 Å². The minimum absolute atomic E-state index is 0.339. The fourth-order valence-electron chi connectivity index (χ4n) is 2.48. The Morgan fingerprint density at radius 1 is 1.69 bits per heavy atom. The van der Waals surface area contributed by atoms with Gasteiger partial charge in [0.25, 0.3) is 0 Å². The van der Waals surface area contributed by atoms with Gasteiger partial charge in [0.2, 0.25) is 0 Å². The number of aromatic nitrogens is 1. The topological polar surface area (TPSA) is 16.1 Å². The molecule has 3 rings (SSSR count). The Bertz CT molecular complexity index is 366. The molecule has 68 valence electrons. The van der Waals surface area contributed by atoms with E-state index >= 15 is 0 Å². The number of fused-ring (bicyclic) bond motifs is 2. The number of halogens is 1. The van der Waals surface area contributed by atoms with Crippen LogP contribution in [-0.2, 0) is 5.41 Å². The van der Waals surface area contributed by atoms with Gasteiger partial charge in [0.05, 0.1) is 5.69 Å². The predicted molar refractivity (Wildman–Crippen MR) is 52.9 cm³/mol. The molecule has 1 aliphatic carbocycles. The summed E-state index contributed by atoms with van der Waals surface area (Å²) in [6.45, 7) is 3.24. The molecule has 0 N–H and O–H groups in total. The molecule has 1 aliphatic heterocycles. The lowest BCUT2D eigenvalue weighted by Gasteiger charge is -2.07. The second-order valence-electron chi connectivity index (χ2n) is 4.17. The van der Waals surface area contributed by atoms with Crippen LogP contribution in [0, 0.1) is 5.92 Å². The maximum Gasteiger partial charge on any atom is 0.0592 e. The molecule has 2 atom stereocenters. The minimum atomic E-state index is 0.339. The van der Waals surface area contributed by atoms with E-state index in [4.69, 9.17) is 11.8 Å². The molecule has 1 aromatic rings. The SMILES string of the molecule is CC1CC12CN(Cl)c1ccncc12. The van der Waals surface area contributed by atoms with Crippen LogP contribution in [-0.4, -0.2) is 11.5 Å². The Kier molecular flexibility index (Phi) is 1.28. The van der Waals surface area contributed by atoms with Crippen LogP contribution < -0.4 is 4.42 Å². The van der Waals surface area contributed by atoms with Gasteiger partial charge in [0.15, 0.2) is 0 Å². The molecule has 0 bridgehead atoms. The van der Waals surface area contributed by atoms with Gasteiger partial charge in [-0.1, -0.05) is 6.92 Å². The van der Waals surface area contributed by atoms with E-state index in [0.717, 1.165) is 18.2 Å². The highest BCUT2D eigenvalue weighted by molar-refractivity contribution is 6.26. The van der Waals surface area contributed by atoms with E-state index < -0.39 is 0 Å². The third kappa shape index (κ3) is 0.819. The van der Waals surface area contributed by atoms with Crippen molar-refractivity contribution in [3.05, 3.63) is 24.0 Å². The highest BCUT2D eigenvalue weighted by Crippen LogP contribution is 2.60. The molecule has 1 aromatic heterocycles. The number of hydrogen-bond donors (Lipinski definition) is 0. The van der Waals surface area contributed by atoms with E-state index in [9.17, 15) is 0 Å². The molecule has 1 spiro atoms. The van der Waals surface area contributed by atoms with Gasteiger partial charge >= 0.3 is 0 Å². The third-order valence-corrected chi connectivity index (χ3v) is 3.77. The quantitative estimate of drug-likeness (QED) is 0.590. The zero-order valence-electron chi connectivity index (χ0n) is 7.50. The first-order valence-corrected chi connectivity index (χ1v) is 4.96. The number of hydrogen-bond acceptors (Lipinski definition) is 2. The standard InChI is InChI=1S/C10H11ClN2/c1-7-4-10(7)6-13(11)9-2-3-12-5-8(9)10/h2-3,5,7H,4,6H2,1H3. The summed E-state index contributed by atoms with van der Waals surface area (Å²) < 4.78 is 1.83. The lowest BCUT2D eigenvalue weighted by Crippen LogP contribution is -2.16. The molecule has 2 unspecified atom stereocenters. The average Bonchev–Trinajstić information content (AvgIpc) is 2.68.